The van der Waals surface area contributed by atoms with Gasteiger partial charge in [-0.05, 0) is 39.0 Å². The zero-order chi connectivity index (χ0) is 15.8. The number of urea groups is 1. The quantitative estimate of drug-likeness (QED) is 0.748. The van der Waals surface area contributed by atoms with E-state index < -0.39 is 0 Å². The van der Waals surface area contributed by atoms with Crippen molar-refractivity contribution in [2.24, 2.45) is 0 Å². The van der Waals surface area contributed by atoms with Crippen molar-refractivity contribution >= 4 is 17.4 Å². The van der Waals surface area contributed by atoms with Gasteiger partial charge >= 0.3 is 6.03 Å². The molecular weight excluding hydrogens is 298 g/mol. The molecule has 0 aromatic carbocycles. The van der Waals surface area contributed by atoms with Gasteiger partial charge in [0.05, 0.1) is 11.1 Å². The first-order chi connectivity index (χ1) is 10.6. The third kappa shape index (κ3) is 5.93. The van der Waals surface area contributed by atoms with Gasteiger partial charge in [0.15, 0.2) is 0 Å². The lowest BCUT2D eigenvalue weighted by molar-refractivity contribution is 0.100. The normalized spacial score (nSPS) is 17.6. The summed E-state index contributed by atoms with van der Waals surface area (Å²) in [6.07, 6.45) is 6.70. The van der Waals surface area contributed by atoms with Crippen LogP contribution in [0.4, 0.5) is 4.79 Å². The van der Waals surface area contributed by atoms with Gasteiger partial charge in [0.25, 0.3) is 0 Å². The van der Waals surface area contributed by atoms with Crippen LogP contribution < -0.4 is 5.32 Å². The van der Waals surface area contributed by atoms with Crippen molar-refractivity contribution < 1.29 is 9.53 Å². The van der Waals surface area contributed by atoms with Crippen molar-refractivity contribution in [2.75, 3.05) is 26.7 Å². The van der Waals surface area contributed by atoms with Gasteiger partial charge in [0.2, 0.25) is 0 Å². The van der Waals surface area contributed by atoms with Gasteiger partial charge < -0.3 is 15.0 Å². The predicted molar refractivity (Wildman–Crippen MR) is 89.4 cm³/mol. The van der Waals surface area contributed by atoms with Crippen LogP contribution in [-0.4, -0.2) is 48.8 Å². The molecule has 0 unspecified atom stereocenters. The van der Waals surface area contributed by atoms with Gasteiger partial charge in [-0.1, -0.05) is 0 Å². The Balaban J connectivity index is 1.52. The second kappa shape index (κ2) is 9.10. The minimum Gasteiger partial charge on any atom is -0.378 e. The maximum absolute atomic E-state index is 12.0. The van der Waals surface area contributed by atoms with Crippen LogP contribution >= 0.6 is 11.3 Å². The summed E-state index contributed by atoms with van der Waals surface area (Å²) in [7, 11) is 1.86. The van der Waals surface area contributed by atoms with Crippen molar-refractivity contribution in [3.63, 3.8) is 0 Å². The molecule has 2 heterocycles. The minimum atomic E-state index is 0.0164. The van der Waals surface area contributed by atoms with Crippen molar-refractivity contribution in [3.8, 4) is 0 Å². The molecule has 1 fully saturated rings. The Kier molecular flexibility index (Phi) is 7.12. The number of amides is 2. The number of hydrogen-bond acceptors (Lipinski definition) is 4. The third-order valence-electron chi connectivity index (χ3n) is 3.90. The Morgan fingerprint density at radius 1 is 1.55 bits per heavy atom. The maximum atomic E-state index is 12.0. The number of carbonyl (C=O) groups is 1. The van der Waals surface area contributed by atoms with E-state index >= 15 is 0 Å². The topological polar surface area (TPSA) is 54.5 Å². The number of carbonyl (C=O) groups excluding carboxylic acids is 1. The molecule has 1 N–H and O–H groups in total. The molecule has 1 saturated heterocycles. The van der Waals surface area contributed by atoms with Crippen LogP contribution in [0.25, 0.3) is 0 Å². The smallest absolute Gasteiger partial charge is 0.317 e. The predicted octanol–water partition coefficient (Wildman–Crippen LogP) is 2.98. The van der Waals surface area contributed by atoms with Gasteiger partial charge in [-0.2, -0.15) is 0 Å². The Labute approximate surface area is 137 Å². The van der Waals surface area contributed by atoms with Gasteiger partial charge in [-0.3, -0.25) is 0 Å². The standard InChI is InChI=1S/C16H27N3O2S/c1-13-12-22-15(18-13)8-3-9-17-16(20)19(2)10-4-6-14-7-5-11-21-14/h12,14H,3-11H2,1-2H3,(H,17,20)/t14-/m0/s1. The summed E-state index contributed by atoms with van der Waals surface area (Å²) >= 11 is 1.69. The first-order valence-corrected chi connectivity index (χ1v) is 9.04. The fraction of sp³-hybridized carbons (Fsp3) is 0.750. The lowest BCUT2D eigenvalue weighted by Crippen LogP contribution is -2.38. The van der Waals surface area contributed by atoms with E-state index in [0.29, 0.717) is 12.6 Å². The molecule has 1 aliphatic heterocycles. The highest BCUT2D eigenvalue weighted by molar-refractivity contribution is 7.09. The average molecular weight is 325 g/mol. The van der Waals surface area contributed by atoms with E-state index in [1.54, 1.807) is 16.2 Å². The molecule has 0 bridgehead atoms. The number of aryl methyl sites for hydroxylation is 2. The molecule has 1 aromatic rings. The van der Waals surface area contributed by atoms with Crippen LogP contribution in [0, 0.1) is 6.92 Å². The third-order valence-corrected chi connectivity index (χ3v) is 4.93. The molecular formula is C16H27N3O2S. The molecule has 0 aliphatic carbocycles. The van der Waals surface area contributed by atoms with Gasteiger partial charge in [0.1, 0.15) is 0 Å². The first-order valence-electron chi connectivity index (χ1n) is 8.16. The Bertz CT molecular complexity index is 458. The molecule has 1 aromatic heterocycles. The first kappa shape index (κ1) is 17.2. The monoisotopic (exact) mass is 325 g/mol. The fourth-order valence-electron chi connectivity index (χ4n) is 2.62. The van der Waals surface area contributed by atoms with Gasteiger partial charge in [0, 0.05) is 44.2 Å². The van der Waals surface area contributed by atoms with Gasteiger partial charge in [-0.25, -0.2) is 9.78 Å². The number of thiazole rings is 1. The largest absolute Gasteiger partial charge is 0.378 e. The summed E-state index contributed by atoms with van der Waals surface area (Å²) in [5.41, 5.74) is 1.08. The average Bonchev–Trinajstić information content (AvgIpc) is 3.15. The Hall–Kier alpha value is -1.14. The second-order valence-corrected chi connectivity index (χ2v) is 6.86. The number of rotatable bonds is 8. The summed E-state index contributed by atoms with van der Waals surface area (Å²) in [6.45, 7) is 4.40. The molecule has 6 heteroatoms. The number of nitrogens with zero attached hydrogens (tertiary/aromatic N) is 2. The maximum Gasteiger partial charge on any atom is 0.317 e. The number of ether oxygens (including phenoxy) is 1. The zero-order valence-corrected chi connectivity index (χ0v) is 14.5. The summed E-state index contributed by atoms with van der Waals surface area (Å²) in [6, 6.07) is 0.0164. The molecule has 1 aliphatic rings. The summed E-state index contributed by atoms with van der Waals surface area (Å²) < 4.78 is 5.59. The van der Waals surface area contributed by atoms with Crippen LogP contribution in [0.3, 0.4) is 0 Å². The van der Waals surface area contributed by atoms with Crippen LogP contribution in [0.1, 0.15) is 42.8 Å². The van der Waals surface area contributed by atoms with E-state index in [0.717, 1.165) is 49.5 Å². The molecule has 0 radical (unpaired) electrons. The summed E-state index contributed by atoms with van der Waals surface area (Å²) in [5, 5.41) is 6.19. The van der Waals surface area contributed by atoms with E-state index in [-0.39, 0.29) is 6.03 Å². The number of aromatic nitrogens is 1. The molecule has 1 atom stereocenters. The lowest BCUT2D eigenvalue weighted by atomic mass is 10.1. The number of nitrogens with one attached hydrogen (secondary N) is 1. The van der Waals surface area contributed by atoms with E-state index in [2.05, 4.69) is 15.7 Å². The molecule has 0 saturated carbocycles. The molecule has 22 heavy (non-hydrogen) atoms. The molecule has 124 valence electrons. The van der Waals surface area contributed by atoms with E-state index in [4.69, 9.17) is 4.74 Å². The second-order valence-electron chi connectivity index (χ2n) is 5.92. The molecule has 2 amide bonds. The van der Waals surface area contributed by atoms with Crippen molar-refractivity contribution in [1.29, 1.82) is 0 Å². The van der Waals surface area contributed by atoms with E-state index in [1.807, 2.05) is 14.0 Å². The van der Waals surface area contributed by atoms with Crippen LogP contribution in [-0.2, 0) is 11.2 Å². The Morgan fingerprint density at radius 2 is 2.41 bits per heavy atom. The summed E-state index contributed by atoms with van der Waals surface area (Å²) in [5.74, 6) is 0. The minimum absolute atomic E-state index is 0.0164. The van der Waals surface area contributed by atoms with Crippen molar-refractivity contribution in [3.05, 3.63) is 16.1 Å². The van der Waals surface area contributed by atoms with E-state index in [9.17, 15) is 4.79 Å². The van der Waals surface area contributed by atoms with Crippen LogP contribution in [0.15, 0.2) is 5.38 Å². The van der Waals surface area contributed by atoms with Crippen molar-refractivity contribution in [2.45, 2.75) is 51.6 Å². The van der Waals surface area contributed by atoms with Crippen LogP contribution in [0.2, 0.25) is 0 Å². The fourth-order valence-corrected chi connectivity index (χ4v) is 3.44. The van der Waals surface area contributed by atoms with Gasteiger partial charge in [-0.15, -0.1) is 11.3 Å². The highest BCUT2D eigenvalue weighted by Crippen LogP contribution is 2.16. The number of hydrogen-bond donors (Lipinski definition) is 1. The zero-order valence-electron chi connectivity index (χ0n) is 13.6. The summed E-state index contributed by atoms with van der Waals surface area (Å²) in [4.78, 5) is 18.1. The lowest BCUT2D eigenvalue weighted by Gasteiger charge is -2.18. The van der Waals surface area contributed by atoms with Crippen molar-refractivity contribution in [1.82, 2.24) is 15.2 Å². The van der Waals surface area contributed by atoms with E-state index in [1.165, 1.54) is 12.8 Å². The molecule has 0 spiro atoms. The van der Waals surface area contributed by atoms with Crippen LogP contribution in [0.5, 0.6) is 0 Å². The molecule has 5 nitrogen and oxygen atoms in total. The SMILES string of the molecule is Cc1csc(CCCNC(=O)N(C)CCC[C@H]2CCCO2)n1. The molecule has 2 rings (SSSR count). The highest BCUT2D eigenvalue weighted by Gasteiger charge is 2.15. The Morgan fingerprint density at radius 3 is 3.09 bits per heavy atom. The highest BCUT2D eigenvalue weighted by atomic mass is 32.1.